The van der Waals surface area contributed by atoms with Crippen molar-refractivity contribution in [3.63, 3.8) is 0 Å². The van der Waals surface area contributed by atoms with Crippen molar-refractivity contribution >= 4 is 16.1 Å². The van der Waals surface area contributed by atoms with Gasteiger partial charge in [-0.3, -0.25) is 8.98 Å². The molecule has 13 heteroatoms. The monoisotopic (exact) mass is 333 g/mol. The van der Waals surface area contributed by atoms with Crippen LogP contribution >= 0.6 is 0 Å². The molecule has 1 rings (SSSR count). The minimum absolute atomic E-state index is 0.256. The first-order valence-corrected chi connectivity index (χ1v) is 6.78. The van der Waals surface area contributed by atoms with Gasteiger partial charge < -0.3 is 9.47 Å². The van der Waals surface area contributed by atoms with E-state index >= 15 is 0 Å². The molecule has 0 saturated carbocycles. The van der Waals surface area contributed by atoms with E-state index in [0.29, 0.717) is 0 Å². The molecule has 1 saturated heterocycles. The zero-order chi connectivity index (χ0) is 16.3. The number of nitrogens with zero attached hydrogens (tertiary/aromatic N) is 3. The van der Waals surface area contributed by atoms with Crippen LogP contribution in [0.5, 0.6) is 0 Å². The van der Waals surface area contributed by atoms with Crippen LogP contribution in [0.2, 0.25) is 0 Å². The highest BCUT2D eigenvalue weighted by Gasteiger charge is 2.51. The van der Waals surface area contributed by atoms with Gasteiger partial charge in [-0.2, -0.15) is 21.6 Å². The van der Waals surface area contributed by atoms with E-state index in [1.54, 1.807) is 0 Å². The molecule has 1 heterocycles. The molecule has 21 heavy (non-hydrogen) atoms. The Morgan fingerprint density at radius 1 is 1.43 bits per heavy atom. The average Bonchev–Trinajstić information content (AvgIpc) is 2.31. The standard InChI is InChI=1S/C8H10F3N3O6S/c1-4(15)19-7-5(13-14-12)2-18-3-6(7)20-21(16,17)8(9,10)11/h5-7H,2-3H2,1H3/t5-,6+,7+/m0/s1. The highest BCUT2D eigenvalue weighted by molar-refractivity contribution is 7.87. The Balaban J connectivity index is 3.01. The first kappa shape index (κ1) is 17.5. The van der Waals surface area contributed by atoms with Gasteiger partial charge in [0.05, 0.1) is 13.2 Å². The quantitative estimate of drug-likeness (QED) is 0.187. The highest BCUT2D eigenvalue weighted by Crippen LogP contribution is 2.29. The summed E-state index contributed by atoms with van der Waals surface area (Å²) in [6, 6.07) is -1.21. The summed E-state index contributed by atoms with van der Waals surface area (Å²) in [5.41, 5.74) is 2.70. The number of halogens is 3. The molecule has 0 amide bonds. The molecule has 0 spiro atoms. The lowest BCUT2D eigenvalue weighted by Gasteiger charge is -2.34. The summed E-state index contributed by atoms with van der Waals surface area (Å²) in [6.45, 7) is 0.122. The van der Waals surface area contributed by atoms with E-state index in [2.05, 4.69) is 18.9 Å². The Morgan fingerprint density at radius 3 is 2.52 bits per heavy atom. The molecular formula is C8H10F3N3O6S. The van der Waals surface area contributed by atoms with Crippen LogP contribution in [0.1, 0.15) is 6.92 Å². The van der Waals surface area contributed by atoms with Gasteiger partial charge in [-0.15, -0.1) is 0 Å². The molecule has 120 valence electrons. The number of alkyl halides is 3. The Kier molecular flexibility index (Phi) is 5.39. The van der Waals surface area contributed by atoms with Gasteiger partial charge in [0, 0.05) is 11.8 Å². The fourth-order valence-electron chi connectivity index (χ4n) is 1.55. The lowest BCUT2D eigenvalue weighted by atomic mass is 10.1. The van der Waals surface area contributed by atoms with Gasteiger partial charge >= 0.3 is 21.6 Å². The summed E-state index contributed by atoms with van der Waals surface area (Å²) in [5.74, 6) is -0.905. The van der Waals surface area contributed by atoms with Crippen molar-refractivity contribution in [1.82, 2.24) is 0 Å². The first-order valence-electron chi connectivity index (χ1n) is 5.37. The molecular weight excluding hydrogens is 323 g/mol. The van der Waals surface area contributed by atoms with E-state index in [-0.39, 0.29) is 6.61 Å². The molecule has 3 atom stereocenters. The average molecular weight is 333 g/mol. The van der Waals surface area contributed by atoms with Gasteiger partial charge in [0.1, 0.15) is 18.2 Å². The molecule has 1 aliphatic rings. The third-order valence-corrected chi connectivity index (χ3v) is 3.42. The Hall–Kier alpha value is -1.56. The van der Waals surface area contributed by atoms with Crippen molar-refractivity contribution in [2.75, 3.05) is 13.2 Å². The third-order valence-electron chi connectivity index (χ3n) is 2.35. The maximum atomic E-state index is 12.3. The van der Waals surface area contributed by atoms with Gasteiger partial charge in [-0.1, -0.05) is 5.11 Å². The molecule has 1 aliphatic heterocycles. The zero-order valence-electron chi connectivity index (χ0n) is 10.5. The summed E-state index contributed by atoms with van der Waals surface area (Å²) >= 11 is 0. The van der Waals surface area contributed by atoms with E-state index < -0.39 is 46.5 Å². The number of hydrogen-bond acceptors (Lipinski definition) is 7. The highest BCUT2D eigenvalue weighted by atomic mass is 32.2. The van der Waals surface area contributed by atoms with Gasteiger partial charge in [0.2, 0.25) is 0 Å². The second-order valence-corrected chi connectivity index (χ2v) is 5.48. The lowest BCUT2D eigenvalue weighted by molar-refractivity contribution is -0.164. The summed E-state index contributed by atoms with van der Waals surface area (Å²) in [5, 5.41) is 3.18. The molecule has 9 nitrogen and oxygen atoms in total. The normalized spacial score (nSPS) is 26.8. The van der Waals surface area contributed by atoms with Crippen LogP contribution in [0.15, 0.2) is 5.11 Å². The summed E-state index contributed by atoms with van der Waals surface area (Å²) in [4.78, 5) is 13.4. The predicted octanol–water partition coefficient (Wildman–Crippen LogP) is 0.862. The van der Waals surface area contributed by atoms with Crippen LogP contribution in [0.3, 0.4) is 0 Å². The molecule has 0 radical (unpaired) electrons. The number of carbonyl (C=O) groups excluding carboxylic acids is 1. The van der Waals surface area contributed by atoms with Crippen LogP contribution < -0.4 is 0 Å². The number of carbonyl (C=O) groups is 1. The SMILES string of the molecule is CC(=O)O[C@@H]1[C@@H](N=[N+]=[N-])COC[C@H]1OS(=O)(=O)C(F)(F)F. The fourth-order valence-corrected chi connectivity index (χ4v) is 2.15. The maximum Gasteiger partial charge on any atom is 0.523 e. The van der Waals surface area contributed by atoms with E-state index in [1.807, 2.05) is 0 Å². The summed E-state index contributed by atoms with van der Waals surface area (Å²) < 4.78 is 72.3. The Labute approximate surface area is 116 Å². The Bertz CT molecular complexity index is 544. The van der Waals surface area contributed by atoms with Crippen LogP contribution in [-0.4, -0.2) is 51.4 Å². The predicted molar refractivity (Wildman–Crippen MR) is 59.2 cm³/mol. The van der Waals surface area contributed by atoms with Gasteiger partial charge in [0.25, 0.3) is 0 Å². The minimum Gasteiger partial charge on any atom is -0.459 e. The number of azide groups is 1. The topological polar surface area (TPSA) is 128 Å². The van der Waals surface area contributed by atoms with Crippen molar-refractivity contribution < 1.29 is 40.0 Å². The largest absolute Gasteiger partial charge is 0.523 e. The van der Waals surface area contributed by atoms with E-state index in [9.17, 15) is 26.4 Å². The van der Waals surface area contributed by atoms with Crippen LogP contribution in [-0.2, 0) is 28.6 Å². The van der Waals surface area contributed by atoms with Gasteiger partial charge in [0.15, 0.2) is 0 Å². The molecule has 1 fully saturated rings. The van der Waals surface area contributed by atoms with Crippen molar-refractivity contribution in [2.45, 2.75) is 30.7 Å². The molecule has 0 unspecified atom stereocenters. The minimum atomic E-state index is -5.91. The maximum absolute atomic E-state index is 12.3. The summed E-state index contributed by atoms with van der Waals surface area (Å²) in [6.07, 6.45) is -3.28. The van der Waals surface area contributed by atoms with Gasteiger partial charge in [-0.05, 0) is 5.53 Å². The Morgan fingerprint density at radius 2 is 2.05 bits per heavy atom. The van der Waals surface area contributed by atoms with Crippen molar-refractivity contribution in [3.8, 4) is 0 Å². The summed E-state index contributed by atoms with van der Waals surface area (Å²) in [7, 11) is -5.91. The van der Waals surface area contributed by atoms with Crippen LogP contribution in [0.4, 0.5) is 13.2 Å². The second-order valence-electron chi connectivity index (χ2n) is 3.92. The van der Waals surface area contributed by atoms with Crippen LogP contribution in [0, 0.1) is 0 Å². The third kappa shape index (κ3) is 4.46. The molecule has 0 aromatic rings. The van der Waals surface area contributed by atoms with E-state index in [1.165, 1.54) is 0 Å². The van der Waals surface area contributed by atoms with E-state index in [0.717, 1.165) is 6.92 Å². The lowest BCUT2D eigenvalue weighted by Crippen LogP contribution is -2.51. The number of esters is 1. The number of rotatable bonds is 4. The smallest absolute Gasteiger partial charge is 0.459 e. The van der Waals surface area contributed by atoms with Crippen LogP contribution in [0.25, 0.3) is 10.4 Å². The fraction of sp³-hybridized carbons (Fsp3) is 0.875. The van der Waals surface area contributed by atoms with Gasteiger partial charge in [-0.25, -0.2) is 0 Å². The first-order chi connectivity index (χ1) is 9.58. The molecule has 0 aliphatic carbocycles. The van der Waals surface area contributed by atoms with E-state index in [4.69, 9.17) is 10.3 Å². The molecule has 0 aromatic heterocycles. The number of ether oxygens (including phenoxy) is 2. The molecule has 0 N–H and O–H groups in total. The molecule has 0 aromatic carbocycles. The number of hydrogen-bond donors (Lipinski definition) is 0. The second kappa shape index (κ2) is 6.47. The zero-order valence-corrected chi connectivity index (χ0v) is 11.3. The van der Waals surface area contributed by atoms with Crippen molar-refractivity contribution in [3.05, 3.63) is 10.4 Å². The van der Waals surface area contributed by atoms with Crippen molar-refractivity contribution in [2.24, 2.45) is 5.11 Å². The molecule has 0 bridgehead atoms. The van der Waals surface area contributed by atoms with Crippen molar-refractivity contribution in [1.29, 1.82) is 0 Å².